The number of hydrogen-bond donors (Lipinski definition) is 1. The van der Waals surface area contributed by atoms with Crippen LogP contribution in [0.2, 0.25) is 0 Å². The Morgan fingerprint density at radius 2 is 2.26 bits per heavy atom. The Bertz CT molecular complexity index is 643. The minimum Gasteiger partial charge on any atom is -0.481 e. The summed E-state index contributed by atoms with van der Waals surface area (Å²) in [6.45, 7) is 2.34. The molecule has 0 spiro atoms. The lowest BCUT2D eigenvalue weighted by molar-refractivity contribution is -0.142. The van der Waals surface area contributed by atoms with Crippen molar-refractivity contribution < 1.29 is 9.90 Å². The quantitative estimate of drug-likeness (QED) is 0.857. The maximum atomic E-state index is 11.1. The topological polar surface area (TPSA) is 85.8 Å². The van der Waals surface area contributed by atoms with Crippen LogP contribution in [0.5, 0.6) is 0 Å². The first-order chi connectivity index (χ1) is 9.06. The third-order valence-corrected chi connectivity index (χ3v) is 3.55. The van der Waals surface area contributed by atoms with Gasteiger partial charge in [0.05, 0.1) is 17.2 Å². The molecule has 0 radical (unpaired) electrons. The maximum Gasteiger partial charge on any atom is 0.308 e. The zero-order valence-corrected chi connectivity index (χ0v) is 10.9. The van der Waals surface area contributed by atoms with E-state index >= 15 is 0 Å². The number of carboxylic acids is 1. The van der Waals surface area contributed by atoms with Gasteiger partial charge in [0, 0.05) is 26.2 Å². The van der Waals surface area contributed by atoms with Gasteiger partial charge in [-0.25, -0.2) is 0 Å². The van der Waals surface area contributed by atoms with Gasteiger partial charge in [0.15, 0.2) is 5.82 Å². The highest BCUT2D eigenvalue weighted by atomic mass is 16.4. The number of hydrogen-bond acceptors (Lipinski definition) is 4. The molecule has 3 rings (SSSR count). The Morgan fingerprint density at radius 1 is 1.47 bits per heavy atom. The monoisotopic (exact) mass is 261 g/mol. The number of aromatic nitrogens is 5. The molecule has 0 fully saturated rings. The number of rotatable bonds is 2. The van der Waals surface area contributed by atoms with Crippen LogP contribution >= 0.6 is 0 Å². The lowest BCUT2D eigenvalue weighted by Crippen LogP contribution is -2.27. The smallest absolute Gasteiger partial charge is 0.308 e. The van der Waals surface area contributed by atoms with Gasteiger partial charge < -0.3 is 9.67 Å². The molecular weight excluding hydrogens is 246 g/mol. The van der Waals surface area contributed by atoms with E-state index in [1.165, 1.54) is 0 Å². The van der Waals surface area contributed by atoms with Crippen molar-refractivity contribution >= 4 is 5.97 Å². The highest BCUT2D eigenvalue weighted by Gasteiger charge is 2.28. The van der Waals surface area contributed by atoms with E-state index in [9.17, 15) is 4.79 Å². The van der Waals surface area contributed by atoms with Gasteiger partial charge in [0.1, 0.15) is 5.82 Å². The summed E-state index contributed by atoms with van der Waals surface area (Å²) in [5.41, 5.74) is 1.78. The fourth-order valence-corrected chi connectivity index (χ4v) is 2.55. The molecule has 7 heteroatoms. The molecule has 0 saturated carbocycles. The second kappa shape index (κ2) is 4.18. The lowest BCUT2D eigenvalue weighted by atomic mass is 9.99. The van der Waals surface area contributed by atoms with Gasteiger partial charge in [-0.15, -0.1) is 10.2 Å². The van der Waals surface area contributed by atoms with Gasteiger partial charge in [-0.1, -0.05) is 0 Å². The van der Waals surface area contributed by atoms with Crippen molar-refractivity contribution in [2.45, 2.75) is 26.3 Å². The average molecular weight is 261 g/mol. The lowest BCUT2D eigenvalue weighted by Gasteiger charge is -2.20. The predicted octanol–water partition coefficient (Wildman–Crippen LogP) is 0.634. The first-order valence-electron chi connectivity index (χ1n) is 6.21. The minimum atomic E-state index is -0.756. The van der Waals surface area contributed by atoms with E-state index in [-0.39, 0.29) is 5.92 Å². The van der Waals surface area contributed by atoms with Crippen molar-refractivity contribution in [2.24, 2.45) is 13.0 Å². The van der Waals surface area contributed by atoms with Crippen molar-refractivity contribution in [2.75, 3.05) is 0 Å². The van der Waals surface area contributed by atoms with E-state index in [2.05, 4.69) is 15.3 Å². The SMILES string of the molecule is Cc1nn(C)cc1-c1nnc2n1CC(C(=O)O)CC2. The van der Waals surface area contributed by atoms with Gasteiger partial charge in [-0.05, 0) is 13.3 Å². The second-order valence-corrected chi connectivity index (χ2v) is 4.93. The fourth-order valence-electron chi connectivity index (χ4n) is 2.55. The standard InChI is InChI=1S/C12H15N5O2/c1-7-9(6-16(2)15-7)11-14-13-10-4-3-8(12(18)19)5-17(10)11/h6,8H,3-5H2,1-2H3,(H,18,19). The summed E-state index contributed by atoms with van der Waals surface area (Å²) in [5.74, 6) is 0.453. The highest BCUT2D eigenvalue weighted by Crippen LogP contribution is 2.27. The van der Waals surface area contributed by atoms with E-state index in [0.29, 0.717) is 25.2 Å². The summed E-state index contributed by atoms with van der Waals surface area (Å²) in [6, 6.07) is 0. The van der Waals surface area contributed by atoms with Gasteiger partial charge in [0.25, 0.3) is 0 Å². The van der Waals surface area contributed by atoms with E-state index < -0.39 is 5.97 Å². The van der Waals surface area contributed by atoms with Gasteiger partial charge in [-0.2, -0.15) is 5.10 Å². The summed E-state index contributed by atoms with van der Waals surface area (Å²) in [7, 11) is 1.85. The maximum absolute atomic E-state index is 11.1. The molecule has 0 aromatic carbocycles. The van der Waals surface area contributed by atoms with Crippen LogP contribution in [0.4, 0.5) is 0 Å². The van der Waals surface area contributed by atoms with Crippen LogP contribution in [-0.4, -0.2) is 35.6 Å². The second-order valence-electron chi connectivity index (χ2n) is 4.93. The van der Waals surface area contributed by atoms with Crippen LogP contribution in [0.15, 0.2) is 6.20 Å². The molecule has 2 aromatic heterocycles. The fraction of sp³-hybridized carbons (Fsp3) is 0.500. The van der Waals surface area contributed by atoms with Crippen molar-refractivity contribution in [1.82, 2.24) is 24.5 Å². The van der Waals surface area contributed by atoms with E-state index in [1.54, 1.807) is 4.68 Å². The van der Waals surface area contributed by atoms with Crippen LogP contribution in [0, 0.1) is 12.8 Å². The first kappa shape index (κ1) is 11.9. The summed E-state index contributed by atoms with van der Waals surface area (Å²) >= 11 is 0. The van der Waals surface area contributed by atoms with Gasteiger partial charge in [0.2, 0.25) is 0 Å². The highest BCUT2D eigenvalue weighted by molar-refractivity contribution is 5.70. The number of aliphatic carboxylic acids is 1. The molecule has 100 valence electrons. The molecule has 1 unspecified atom stereocenters. The summed E-state index contributed by atoms with van der Waals surface area (Å²) in [4.78, 5) is 11.1. The number of carboxylic acid groups (broad SMARTS) is 1. The van der Waals surface area contributed by atoms with Crippen molar-refractivity contribution in [3.05, 3.63) is 17.7 Å². The molecule has 0 aliphatic carbocycles. The molecule has 2 aromatic rings. The molecule has 19 heavy (non-hydrogen) atoms. The molecule has 3 heterocycles. The number of nitrogens with zero attached hydrogens (tertiary/aromatic N) is 5. The first-order valence-corrected chi connectivity index (χ1v) is 6.21. The number of carbonyl (C=O) groups is 1. The molecule has 0 saturated heterocycles. The largest absolute Gasteiger partial charge is 0.481 e. The van der Waals surface area contributed by atoms with E-state index in [0.717, 1.165) is 17.1 Å². The Morgan fingerprint density at radius 3 is 2.89 bits per heavy atom. The molecule has 0 bridgehead atoms. The number of fused-ring (bicyclic) bond motifs is 1. The molecular formula is C12H15N5O2. The third-order valence-electron chi connectivity index (χ3n) is 3.55. The molecule has 7 nitrogen and oxygen atoms in total. The van der Waals surface area contributed by atoms with Crippen molar-refractivity contribution in [3.8, 4) is 11.4 Å². The van der Waals surface area contributed by atoms with Crippen molar-refractivity contribution in [1.29, 1.82) is 0 Å². The van der Waals surface area contributed by atoms with Gasteiger partial charge >= 0.3 is 5.97 Å². The average Bonchev–Trinajstić information content (AvgIpc) is 2.91. The predicted molar refractivity (Wildman–Crippen MR) is 66.4 cm³/mol. The Balaban J connectivity index is 2.04. The van der Waals surface area contributed by atoms with Crippen LogP contribution in [0.3, 0.4) is 0 Å². The molecule has 1 N–H and O–H groups in total. The van der Waals surface area contributed by atoms with Crippen LogP contribution in [0.25, 0.3) is 11.4 Å². The zero-order valence-electron chi connectivity index (χ0n) is 10.9. The van der Waals surface area contributed by atoms with Crippen LogP contribution in [-0.2, 0) is 24.8 Å². The normalized spacial score (nSPS) is 18.3. The molecule has 1 atom stereocenters. The minimum absolute atomic E-state index is 0.362. The molecule has 1 aliphatic rings. The number of aryl methyl sites for hydroxylation is 3. The summed E-state index contributed by atoms with van der Waals surface area (Å²) < 4.78 is 3.64. The van der Waals surface area contributed by atoms with Crippen molar-refractivity contribution in [3.63, 3.8) is 0 Å². The van der Waals surface area contributed by atoms with Crippen LogP contribution in [0.1, 0.15) is 17.9 Å². The third kappa shape index (κ3) is 1.91. The Hall–Kier alpha value is -2.18. The summed E-state index contributed by atoms with van der Waals surface area (Å²) in [6.07, 6.45) is 3.17. The zero-order chi connectivity index (χ0) is 13.6. The molecule has 1 aliphatic heterocycles. The van der Waals surface area contributed by atoms with E-state index in [1.807, 2.05) is 24.7 Å². The van der Waals surface area contributed by atoms with Gasteiger partial charge in [-0.3, -0.25) is 9.48 Å². The Labute approximate surface area is 109 Å². The van der Waals surface area contributed by atoms with E-state index in [4.69, 9.17) is 5.11 Å². The molecule has 0 amide bonds. The Kier molecular flexibility index (Phi) is 2.62. The summed E-state index contributed by atoms with van der Waals surface area (Å²) in [5, 5.41) is 21.8. The van der Waals surface area contributed by atoms with Crippen LogP contribution < -0.4 is 0 Å².